The highest BCUT2D eigenvalue weighted by Gasteiger charge is 2.22. The molecular formula is C14H17NO3S. The number of thioether (sulfide) groups is 1. The van der Waals surface area contributed by atoms with Crippen LogP contribution in [-0.2, 0) is 11.2 Å². The Morgan fingerprint density at radius 3 is 2.95 bits per heavy atom. The molecule has 1 saturated heterocycles. The van der Waals surface area contributed by atoms with Crippen molar-refractivity contribution >= 4 is 23.6 Å². The van der Waals surface area contributed by atoms with Crippen molar-refractivity contribution in [1.82, 2.24) is 5.32 Å². The first-order valence-electron chi connectivity index (χ1n) is 6.34. The summed E-state index contributed by atoms with van der Waals surface area (Å²) in [4.78, 5) is 22.6. The van der Waals surface area contributed by atoms with Crippen LogP contribution in [-0.4, -0.2) is 35.0 Å². The minimum absolute atomic E-state index is 0.124. The van der Waals surface area contributed by atoms with Gasteiger partial charge in [-0.3, -0.25) is 4.79 Å². The predicted octanol–water partition coefficient (Wildman–Crippen LogP) is 1.80. The Labute approximate surface area is 116 Å². The van der Waals surface area contributed by atoms with Gasteiger partial charge in [-0.1, -0.05) is 12.1 Å². The van der Waals surface area contributed by atoms with Crippen LogP contribution in [0.3, 0.4) is 0 Å². The first-order valence-corrected chi connectivity index (χ1v) is 7.50. The predicted molar refractivity (Wildman–Crippen MR) is 75.5 cm³/mol. The Bertz CT molecular complexity index is 470. The van der Waals surface area contributed by atoms with E-state index >= 15 is 0 Å². The lowest BCUT2D eigenvalue weighted by Gasteiger charge is -2.09. The third-order valence-corrected chi connectivity index (χ3v) is 4.35. The van der Waals surface area contributed by atoms with Gasteiger partial charge < -0.3 is 10.4 Å². The van der Waals surface area contributed by atoms with Gasteiger partial charge in [-0.05, 0) is 36.3 Å². The second kappa shape index (κ2) is 6.61. The van der Waals surface area contributed by atoms with Gasteiger partial charge in [-0.15, -0.1) is 0 Å². The normalized spacial score (nSPS) is 18.2. The van der Waals surface area contributed by atoms with Crippen molar-refractivity contribution in [2.45, 2.75) is 12.8 Å². The van der Waals surface area contributed by atoms with Crippen molar-refractivity contribution in [3.8, 4) is 0 Å². The van der Waals surface area contributed by atoms with Crippen LogP contribution < -0.4 is 5.32 Å². The van der Waals surface area contributed by atoms with Crippen molar-refractivity contribution in [1.29, 1.82) is 0 Å². The molecule has 1 heterocycles. The molecule has 1 aliphatic rings. The first kappa shape index (κ1) is 13.9. The van der Waals surface area contributed by atoms with Gasteiger partial charge in [-0.2, -0.15) is 11.8 Å². The quantitative estimate of drug-likeness (QED) is 0.862. The van der Waals surface area contributed by atoms with Gasteiger partial charge in [0.05, 0.1) is 5.56 Å². The molecule has 19 heavy (non-hydrogen) atoms. The summed E-state index contributed by atoms with van der Waals surface area (Å²) in [5, 5.41) is 11.8. The number of carbonyl (C=O) groups excluding carboxylic acids is 1. The summed E-state index contributed by atoms with van der Waals surface area (Å²) >= 11 is 1.82. The second-order valence-corrected chi connectivity index (χ2v) is 5.76. The molecule has 1 aromatic rings. The lowest BCUT2D eigenvalue weighted by molar-refractivity contribution is -0.124. The number of benzene rings is 1. The Balaban J connectivity index is 1.80. The van der Waals surface area contributed by atoms with Gasteiger partial charge in [-0.25, -0.2) is 4.79 Å². The molecule has 0 aliphatic carbocycles. The highest BCUT2D eigenvalue weighted by Crippen LogP contribution is 2.23. The molecule has 102 valence electrons. The van der Waals surface area contributed by atoms with Crippen LogP contribution in [0.5, 0.6) is 0 Å². The number of hydrogen-bond acceptors (Lipinski definition) is 3. The van der Waals surface area contributed by atoms with Crippen molar-refractivity contribution in [2.75, 3.05) is 18.1 Å². The highest BCUT2D eigenvalue weighted by atomic mass is 32.2. The summed E-state index contributed by atoms with van der Waals surface area (Å²) in [6.45, 7) is 0.559. The van der Waals surface area contributed by atoms with Crippen LogP contribution in [0, 0.1) is 5.92 Å². The van der Waals surface area contributed by atoms with E-state index in [4.69, 9.17) is 5.11 Å². The zero-order chi connectivity index (χ0) is 13.7. The molecule has 1 amide bonds. The summed E-state index contributed by atoms with van der Waals surface area (Å²) in [6, 6.07) is 6.83. The molecule has 1 aliphatic heterocycles. The largest absolute Gasteiger partial charge is 0.478 e. The van der Waals surface area contributed by atoms with E-state index in [2.05, 4.69) is 5.32 Å². The maximum Gasteiger partial charge on any atom is 0.335 e. The van der Waals surface area contributed by atoms with E-state index in [-0.39, 0.29) is 17.4 Å². The van der Waals surface area contributed by atoms with Crippen molar-refractivity contribution in [3.63, 3.8) is 0 Å². The third-order valence-electron chi connectivity index (χ3n) is 3.19. The van der Waals surface area contributed by atoms with Gasteiger partial charge in [0, 0.05) is 18.2 Å². The zero-order valence-corrected chi connectivity index (χ0v) is 11.4. The average Bonchev–Trinajstić information content (AvgIpc) is 2.93. The Kier molecular flexibility index (Phi) is 4.85. The molecule has 4 nitrogen and oxygen atoms in total. The van der Waals surface area contributed by atoms with Gasteiger partial charge in [0.15, 0.2) is 0 Å². The second-order valence-electron chi connectivity index (χ2n) is 4.61. The molecular weight excluding hydrogens is 262 g/mol. The Morgan fingerprint density at radius 2 is 2.26 bits per heavy atom. The van der Waals surface area contributed by atoms with Crippen molar-refractivity contribution in [3.05, 3.63) is 35.4 Å². The number of nitrogens with one attached hydrogen (secondary N) is 1. The van der Waals surface area contributed by atoms with E-state index in [9.17, 15) is 9.59 Å². The molecule has 0 radical (unpaired) electrons. The van der Waals surface area contributed by atoms with E-state index in [1.807, 2.05) is 17.8 Å². The molecule has 1 aromatic carbocycles. The third kappa shape index (κ3) is 3.99. The fraction of sp³-hybridized carbons (Fsp3) is 0.429. The molecule has 1 unspecified atom stereocenters. The fourth-order valence-electron chi connectivity index (χ4n) is 2.08. The molecule has 2 N–H and O–H groups in total. The average molecular weight is 279 g/mol. The van der Waals surface area contributed by atoms with Gasteiger partial charge in [0.2, 0.25) is 5.91 Å². The van der Waals surface area contributed by atoms with Gasteiger partial charge >= 0.3 is 5.97 Å². The SMILES string of the molecule is O=C(O)c1cccc(CCNC(=O)C2CCSC2)c1. The summed E-state index contributed by atoms with van der Waals surface area (Å²) in [5.41, 5.74) is 1.22. The van der Waals surface area contributed by atoms with Crippen LogP contribution in [0.4, 0.5) is 0 Å². The number of carboxylic acids is 1. The van der Waals surface area contributed by atoms with E-state index < -0.39 is 5.97 Å². The van der Waals surface area contributed by atoms with Crippen molar-refractivity contribution < 1.29 is 14.7 Å². The minimum atomic E-state index is -0.922. The summed E-state index contributed by atoms with van der Waals surface area (Å²) in [5.74, 6) is 1.34. The lowest BCUT2D eigenvalue weighted by atomic mass is 10.1. The molecule has 1 atom stereocenters. The molecule has 0 spiro atoms. The summed E-state index contributed by atoms with van der Waals surface area (Å²) in [7, 11) is 0. The molecule has 0 aromatic heterocycles. The van der Waals surface area contributed by atoms with Gasteiger partial charge in [0.1, 0.15) is 0 Å². The Hall–Kier alpha value is -1.49. The Morgan fingerprint density at radius 1 is 1.42 bits per heavy atom. The number of carboxylic acid groups (broad SMARTS) is 1. The molecule has 5 heteroatoms. The molecule has 1 fully saturated rings. The van der Waals surface area contributed by atoms with Crippen LogP contribution in [0.1, 0.15) is 22.3 Å². The zero-order valence-electron chi connectivity index (χ0n) is 10.6. The lowest BCUT2D eigenvalue weighted by Crippen LogP contribution is -2.32. The fourth-order valence-corrected chi connectivity index (χ4v) is 3.30. The van der Waals surface area contributed by atoms with Crippen LogP contribution in [0.15, 0.2) is 24.3 Å². The highest BCUT2D eigenvalue weighted by molar-refractivity contribution is 7.99. The monoisotopic (exact) mass is 279 g/mol. The van der Waals surface area contributed by atoms with Crippen LogP contribution >= 0.6 is 11.8 Å². The number of carbonyl (C=O) groups is 2. The van der Waals surface area contributed by atoms with Crippen molar-refractivity contribution in [2.24, 2.45) is 5.92 Å². The number of amides is 1. The van der Waals surface area contributed by atoms with Crippen LogP contribution in [0.2, 0.25) is 0 Å². The number of aromatic carboxylic acids is 1. The molecule has 0 bridgehead atoms. The minimum Gasteiger partial charge on any atom is -0.478 e. The van der Waals surface area contributed by atoms with E-state index in [1.54, 1.807) is 18.2 Å². The number of rotatable bonds is 5. The van der Waals surface area contributed by atoms with E-state index in [0.717, 1.165) is 23.5 Å². The van der Waals surface area contributed by atoms with E-state index in [0.29, 0.717) is 13.0 Å². The van der Waals surface area contributed by atoms with Gasteiger partial charge in [0.25, 0.3) is 0 Å². The summed E-state index contributed by atoms with van der Waals surface area (Å²) in [6.07, 6.45) is 1.62. The first-order chi connectivity index (χ1) is 9.16. The molecule has 2 rings (SSSR count). The molecule has 0 saturated carbocycles. The smallest absolute Gasteiger partial charge is 0.335 e. The van der Waals surface area contributed by atoms with E-state index in [1.165, 1.54) is 0 Å². The maximum absolute atomic E-state index is 11.8. The van der Waals surface area contributed by atoms with Crippen LogP contribution in [0.25, 0.3) is 0 Å². The maximum atomic E-state index is 11.8. The standard InChI is InChI=1S/C14H17NO3S/c16-13(12-5-7-19-9-12)15-6-4-10-2-1-3-11(8-10)14(17)18/h1-3,8,12H,4-7,9H2,(H,15,16)(H,17,18). The topological polar surface area (TPSA) is 66.4 Å². The number of hydrogen-bond donors (Lipinski definition) is 2. The summed E-state index contributed by atoms with van der Waals surface area (Å²) < 4.78 is 0.